The van der Waals surface area contributed by atoms with Crippen molar-refractivity contribution in [2.45, 2.75) is 13.3 Å². The molecule has 0 aromatic heterocycles. The molecule has 0 radical (unpaired) electrons. The Kier molecular flexibility index (Phi) is 3.04. The fraction of sp³-hybridized carbons (Fsp3) is 0.308. The summed E-state index contributed by atoms with van der Waals surface area (Å²) in [6.07, 6.45) is 2.89. The number of hydrogen-bond donors (Lipinski definition) is 0. The van der Waals surface area contributed by atoms with E-state index in [-0.39, 0.29) is 11.5 Å². The van der Waals surface area contributed by atoms with E-state index in [1.807, 2.05) is 13.0 Å². The van der Waals surface area contributed by atoms with Gasteiger partial charge in [-0.3, -0.25) is 4.79 Å². The molecule has 1 aromatic rings. The maximum Gasteiger partial charge on any atom is 0.257 e. The van der Waals surface area contributed by atoms with Crippen LogP contribution in [-0.4, -0.2) is 23.9 Å². The summed E-state index contributed by atoms with van der Waals surface area (Å²) in [6.45, 7) is 3.30. The van der Waals surface area contributed by atoms with Gasteiger partial charge in [-0.2, -0.15) is 0 Å². The summed E-state index contributed by atoms with van der Waals surface area (Å²) >= 11 is 0. The number of nitrogens with zero attached hydrogens (tertiary/aromatic N) is 1. The lowest BCUT2D eigenvalue weighted by molar-refractivity contribution is 0.0764. The first-order valence-corrected chi connectivity index (χ1v) is 5.38. The van der Waals surface area contributed by atoms with Crippen LogP contribution in [0.5, 0.6) is 0 Å². The van der Waals surface area contributed by atoms with Gasteiger partial charge in [-0.05, 0) is 25.5 Å². The molecule has 1 aromatic carbocycles. The summed E-state index contributed by atoms with van der Waals surface area (Å²) in [5, 5.41) is 0. The van der Waals surface area contributed by atoms with Crippen LogP contribution < -0.4 is 0 Å². The smallest absolute Gasteiger partial charge is 0.257 e. The molecule has 1 amide bonds. The number of amides is 1. The van der Waals surface area contributed by atoms with Gasteiger partial charge in [0, 0.05) is 13.1 Å². The molecule has 2 nitrogen and oxygen atoms in total. The Morgan fingerprint density at radius 2 is 2.12 bits per heavy atom. The van der Waals surface area contributed by atoms with Crippen molar-refractivity contribution < 1.29 is 9.18 Å². The number of rotatable bonds is 1. The highest BCUT2D eigenvalue weighted by molar-refractivity contribution is 5.94. The van der Waals surface area contributed by atoms with Crippen LogP contribution in [0.1, 0.15) is 23.7 Å². The van der Waals surface area contributed by atoms with Gasteiger partial charge in [0.05, 0.1) is 5.56 Å². The zero-order chi connectivity index (χ0) is 11.5. The van der Waals surface area contributed by atoms with Gasteiger partial charge in [0.25, 0.3) is 5.91 Å². The van der Waals surface area contributed by atoms with E-state index in [2.05, 4.69) is 0 Å². The molecular weight excluding hydrogens is 205 g/mol. The molecule has 1 aliphatic heterocycles. The van der Waals surface area contributed by atoms with Crippen LogP contribution in [0.2, 0.25) is 0 Å². The van der Waals surface area contributed by atoms with Gasteiger partial charge in [-0.1, -0.05) is 23.8 Å². The molecular formula is C13H14FNO. The molecule has 1 heterocycles. The maximum atomic E-state index is 13.4. The van der Waals surface area contributed by atoms with Crippen molar-refractivity contribution in [1.29, 1.82) is 0 Å². The fourth-order valence-corrected chi connectivity index (χ4v) is 1.76. The Bertz CT molecular complexity index is 439. The Morgan fingerprint density at radius 1 is 1.38 bits per heavy atom. The monoisotopic (exact) mass is 219 g/mol. The Labute approximate surface area is 94.4 Å². The summed E-state index contributed by atoms with van der Waals surface area (Å²) in [4.78, 5) is 13.7. The molecule has 0 atom stereocenters. The summed E-state index contributed by atoms with van der Waals surface area (Å²) in [5.74, 6) is -0.666. The lowest BCUT2D eigenvalue weighted by Crippen LogP contribution is -2.35. The van der Waals surface area contributed by atoms with Gasteiger partial charge < -0.3 is 4.90 Å². The number of carbonyl (C=O) groups is 1. The van der Waals surface area contributed by atoms with Crippen molar-refractivity contribution in [2.75, 3.05) is 13.1 Å². The van der Waals surface area contributed by atoms with Crippen molar-refractivity contribution in [3.8, 4) is 0 Å². The number of halogens is 1. The first-order chi connectivity index (χ1) is 7.68. The second-order valence-electron chi connectivity index (χ2n) is 4.03. The summed E-state index contributed by atoms with van der Waals surface area (Å²) in [7, 11) is 0. The highest BCUT2D eigenvalue weighted by atomic mass is 19.1. The molecule has 3 heteroatoms. The van der Waals surface area contributed by atoms with Crippen molar-refractivity contribution >= 4 is 5.91 Å². The van der Waals surface area contributed by atoms with Crippen LogP contribution in [0.3, 0.4) is 0 Å². The first-order valence-electron chi connectivity index (χ1n) is 5.38. The minimum absolute atomic E-state index is 0.162. The van der Waals surface area contributed by atoms with Crippen molar-refractivity contribution in [1.82, 2.24) is 4.90 Å². The van der Waals surface area contributed by atoms with Gasteiger partial charge in [0.1, 0.15) is 5.82 Å². The van der Waals surface area contributed by atoms with E-state index in [0.29, 0.717) is 13.1 Å². The third kappa shape index (κ3) is 2.13. The predicted octanol–water partition coefficient (Wildman–Crippen LogP) is 2.62. The zero-order valence-corrected chi connectivity index (χ0v) is 9.24. The number of hydrogen-bond acceptors (Lipinski definition) is 1. The summed E-state index contributed by atoms with van der Waals surface area (Å²) < 4.78 is 13.4. The van der Waals surface area contributed by atoms with Crippen LogP contribution in [0, 0.1) is 5.82 Å². The standard InChI is InChI=1S/C13H14FNO/c1-10-6-8-15(9-7-10)13(16)11-4-2-3-5-12(11)14/h2-6H,7-9H2,1H3. The van der Waals surface area contributed by atoms with Gasteiger partial charge in [-0.25, -0.2) is 4.39 Å². The molecule has 0 fully saturated rings. The molecule has 0 spiro atoms. The topological polar surface area (TPSA) is 20.3 Å². The van der Waals surface area contributed by atoms with Crippen molar-refractivity contribution in [2.24, 2.45) is 0 Å². The Hall–Kier alpha value is -1.64. The van der Waals surface area contributed by atoms with E-state index in [4.69, 9.17) is 0 Å². The largest absolute Gasteiger partial charge is 0.335 e. The fourth-order valence-electron chi connectivity index (χ4n) is 1.76. The third-order valence-corrected chi connectivity index (χ3v) is 2.83. The van der Waals surface area contributed by atoms with Crippen LogP contribution in [-0.2, 0) is 0 Å². The van der Waals surface area contributed by atoms with Crippen LogP contribution in [0.15, 0.2) is 35.9 Å². The molecule has 0 N–H and O–H groups in total. The molecule has 16 heavy (non-hydrogen) atoms. The number of benzene rings is 1. The van der Waals surface area contributed by atoms with Crippen LogP contribution >= 0.6 is 0 Å². The zero-order valence-electron chi connectivity index (χ0n) is 9.24. The van der Waals surface area contributed by atoms with E-state index in [9.17, 15) is 9.18 Å². The second-order valence-corrected chi connectivity index (χ2v) is 4.03. The molecule has 0 bridgehead atoms. The van der Waals surface area contributed by atoms with Crippen molar-refractivity contribution in [3.05, 3.63) is 47.3 Å². The molecule has 0 saturated heterocycles. The van der Waals surface area contributed by atoms with Crippen molar-refractivity contribution in [3.63, 3.8) is 0 Å². The van der Waals surface area contributed by atoms with E-state index in [0.717, 1.165) is 6.42 Å². The third-order valence-electron chi connectivity index (χ3n) is 2.83. The first kappa shape index (κ1) is 10.9. The average Bonchev–Trinajstić information content (AvgIpc) is 2.30. The molecule has 2 rings (SSSR count). The highest BCUT2D eigenvalue weighted by Gasteiger charge is 2.19. The summed E-state index contributed by atoms with van der Waals surface area (Å²) in [6, 6.07) is 6.12. The minimum atomic E-state index is -0.446. The lowest BCUT2D eigenvalue weighted by Gasteiger charge is -2.25. The maximum absolute atomic E-state index is 13.4. The minimum Gasteiger partial charge on any atom is -0.335 e. The Balaban J connectivity index is 2.18. The van der Waals surface area contributed by atoms with E-state index in [1.54, 1.807) is 17.0 Å². The van der Waals surface area contributed by atoms with Gasteiger partial charge in [0.2, 0.25) is 0 Å². The lowest BCUT2D eigenvalue weighted by atomic mass is 10.1. The predicted molar refractivity (Wildman–Crippen MR) is 60.7 cm³/mol. The molecule has 84 valence electrons. The molecule has 0 unspecified atom stereocenters. The van der Waals surface area contributed by atoms with E-state index in [1.165, 1.54) is 17.7 Å². The molecule has 1 aliphatic rings. The number of carbonyl (C=O) groups excluding carboxylic acids is 1. The highest BCUT2D eigenvalue weighted by Crippen LogP contribution is 2.15. The van der Waals surface area contributed by atoms with E-state index >= 15 is 0 Å². The van der Waals surface area contributed by atoms with Crippen LogP contribution in [0.4, 0.5) is 4.39 Å². The average molecular weight is 219 g/mol. The van der Waals surface area contributed by atoms with Gasteiger partial charge >= 0.3 is 0 Å². The second kappa shape index (κ2) is 4.47. The van der Waals surface area contributed by atoms with Gasteiger partial charge in [-0.15, -0.1) is 0 Å². The summed E-state index contributed by atoms with van der Waals surface area (Å²) in [5.41, 5.74) is 1.45. The Morgan fingerprint density at radius 3 is 2.75 bits per heavy atom. The molecule has 0 aliphatic carbocycles. The normalized spacial score (nSPS) is 15.9. The van der Waals surface area contributed by atoms with E-state index < -0.39 is 5.82 Å². The molecule has 0 saturated carbocycles. The van der Waals surface area contributed by atoms with Crippen LogP contribution in [0.25, 0.3) is 0 Å². The SMILES string of the molecule is CC1=CCN(C(=O)c2ccccc2F)CC1. The van der Waals surface area contributed by atoms with Gasteiger partial charge in [0.15, 0.2) is 0 Å². The quantitative estimate of drug-likeness (QED) is 0.665.